The Kier molecular flexibility index (Phi) is 4.93. The Labute approximate surface area is 102 Å². The first-order chi connectivity index (χ1) is 6.61. The standard InChI is InChI=1S/C10H9BrCl2O/c11-8(6-14)2-1-7-3-9(12)5-10(13)4-7/h3-6,8H,1-2H2. The molecule has 1 aromatic rings. The van der Waals surface area contributed by atoms with E-state index < -0.39 is 0 Å². The maximum absolute atomic E-state index is 10.4. The summed E-state index contributed by atoms with van der Waals surface area (Å²) in [5.41, 5.74) is 1.05. The first kappa shape index (κ1) is 12.0. The maximum atomic E-state index is 10.4. The highest BCUT2D eigenvalue weighted by Crippen LogP contribution is 2.20. The van der Waals surface area contributed by atoms with Crippen molar-refractivity contribution in [3.8, 4) is 0 Å². The Bertz CT molecular complexity index is 308. The van der Waals surface area contributed by atoms with Crippen molar-refractivity contribution >= 4 is 45.4 Å². The van der Waals surface area contributed by atoms with E-state index in [4.69, 9.17) is 23.2 Å². The van der Waals surface area contributed by atoms with Crippen molar-refractivity contribution in [3.63, 3.8) is 0 Å². The van der Waals surface area contributed by atoms with E-state index >= 15 is 0 Å². The van der Waals surface area contributed by atoms with Gasteiger partial charge in [0.15, 0.2) is 0 Å². The molecule has 0 bridgehead atoms. The SMILES string of the molecule is O=CC(Br)CCc1cc(Cl)cc(Cl)c1. The molecule has 14 heavy (non-hydrogen) atoms. The Morgan fingerprint density at radius 1 is 1.29 bits per heavy atom. The largest absolute Gasteiger partial charge is 0.302 e. The molecule has 0 saturated carbocycles. The molecule has 0 heterocycles. The van der Waals surface area contributed by atoms with Crippen LogP contribution in [-0.2, 0) is 11.2 Å². The molecule has 0 saturated heterocycles. The van der Waals surface area contributed by atoms with Gasteiger partial charge in [0.05, 0.1) is 4.83 Å². The van der Waals surface area contributed by atoms with Crippen LogP contribution in [0.3, 0.4) is 0 Å². The summed E-state index contributed by atoms with van der Waals surface area (Å²) < 4.78 is 0. The van der Waals surface area contributed by atoms with E-state index in [1.807, 2.05) is 12.1 Å². The lowest BCUT2D eigenvalue weighted by atomic mass is 10.1. The van der Waals surface area contributed by atoms with Crippen LogP contribution in [0.25, 0.3) is 0 Å². The molecular weight excluding hydrogens is 287 g/mol. The van der Waals surface area contributed by atoms with E-state index in [1.165, 1.54) is 0 Å². The minimum Gasteiger partial charge on any atom is -0.302 e. The lowest BCUT2D eigenvalue weighted by Gasteiger charge is -2.04. The number of carbonyl (C=O) groups is 1. The Balaban J connectivity index is 2.62. The van der Waals surface area contributed by atoms with Gasteiger partial charge in [0.1, 0.15) is 6.29 Å². The number of hydrogen-bond donors (Lipinski definition) is 0. The molecule has 1 rings (SSSR count). The molecule has 4 heteroatoms. The van der Waals surface area contributed by atoms with Gasteiger partial charge in [-0.2, -0.15) is 0 Å². The van der Waals surface area contributed by atoms with E-state index in [0.29, 0.717) is 10.0 Å². The molecule has 0 radical (unpaired) electrons. The zero-order valence-corrected chi connectivity index (χ0v) is 10.4. The van der Waals surface area contributed by atoms with Gasteiger partial charge in [-0.15, -0.1) is 0 Å². The normalized spacial score (nSPS) is 12.5. The number of rotatable bonds is 4. The van der Waals surface area contributed by atoms with E-state index in [2.05, 4.69) is 15.9 Å². The third-order valence-electron chi connectivity index (χ3n) is 1.78. The van der Waals surface area contributed by atoms with Gasteiger partial charge in [-0.1, -0.05) is 39.1 Å². The summed E-state index contributed by atoms with van der Waals surface area (Å²) >= 11 is 14.9. The lowest BCUT2D eigenvalue weighted by Crippen LogP contribution is -2.00. The minimum atomic E-state index is -0.0970. The van der Waals surface area contributed by atoms with E-state index in [9.17, 15) is 4.79 Å². The molecule has 0 N–H and O–H groups in total. The topological polar surface area (TPSA) is 17.1 Å². The molecule has 0 aromatic heterocycles. The van der Waals surface area contributed by atoms with Crippen LogP contribution in [0.1, 0.15) is 12.0 Å². The van der Waals surface area contributed by atoms with Crippen molar-refractivity contribution < 1.29 is 4.79 Å². The summed E-state index contributed by atoms with van der Waals surface area (Å²) in [5, 5.41) is 1.26. The molecule has 1 nitrogen and oxygen atoms in total. The molecule has 0 aliphatic rings. The molecule has 1 atom stereocenters. The monoisotopic (exact) mass is 294 g/mol. The summed E-state index contributed by atoms with van der Waals surface area (Å²) in [7, 11) is 0. The number of hydrogen-bond acceptors (Lipinski definition) is 1. The van der Waals surface area contributed by atoms with Crippen molar-refractivity contribution in [3.05, 3.63) is 33.8 Å². The second-order valence-electron chi connectivity index (χ2n) is 2.97. The molecule has 76 valence electrons. The van der Waals surface area contributed by atoms with Gasteiger partial charge in [0.25, 0.3) is 0 Å². The second-order valence-corrected chi connectivity index (χ2v) is 5.02. The van der Waals surface area contributed by atoms with Gasteiger partial charge in [-0.25, -0.2) is 0 Å². The van der Waals surface area contributed by atoms with E-state index in [0.717, 1.165) is 24.7 Å². The van der Waals surface area contributed by atoms with Gasteiger partial charge in [-0.05, 0) is 36.6 Å². The summed E-state index contributed by atoms with van der Waals surface area (Å²) in [6.45, 7) is 0. The number of carbonyl (C=O) groups excluding carboxylic acids is 1. The zero-order valence-electron chi connectivity index (χ0n) is 7.34. The number of halogens is 3. The van der Waals surface area contributed by atoms with Crippen LogP contribution in [0.15, 0.2) is 18.2 Å². The van der Waals surface area contributed by atoms with Crippen molar-refractivity contribution in [1.82, 2.24) is 0 Å². The first-order valence-corrected chi connectivity index (χ1v) is 5.83. The Morgan fingerprint density at radius 2 is 1.86 bits per heavy atom. The summed E-state index contributed by atoms with van der Waals surface area (Å²) in [6, 6.07) is 5.41. The summed E-state index contributed by atoms with van der Waals surface area (Å²) in [6.07, 6.45) is 2.42. The van der Waals surface area contributed by atoms with E-state index in [-0.39, 0.29) is 4.83 Å². The van der Waals surface area contributed by atoms with Crippen LogP contribution in [-0.4, -0.2) is 11.1 Å². The third-order valence-corrected chi connectivity index (χ3v) is 2.89. The van der Waals surface area contributed by atoms with Crippen molar-refractivity contribution in [1.29, 1.82) is 0 Å². The van der Waals surface area contributed by atoms with Gasteiger partial charge in [-0.3, -0.25) is 0 Å². The average Bonchev–Trinajstić information content (AvgIpc) is 2.12. The lowest BCUT2D eigenvalue weighted by molar-refractivity contribution is -0.107. The highest BCUT2D eigenvalue weighted by atomic mass is 79.9. The smallest absolute Gasteiger partial charge is 0.133 e. The minimum absolute atomic E-state index is 0.0970. The predicted molar refractivity (Wildman–Crippen MR) is 63.6 cm³/mol. The van der Waals surface area contributed by atoms with Crippen molar-refractivity contribution in [2.75, 3.05) is 0 Å². The van der Waals surface area contributed by atoms with Crippen LogP contribution in [0, 0.1) is 0 Å². The van der Waals surface area contributed by atoms with Crippen molar-refractivity contribution in [2.45, 2.75) is 17.7 Å². The van der Waals surface area contributed by atoms with Gasteiger partial charge in [0.2, 0.25) is 0 Å². The number of benzene rings is 1. The number of aldehydes is 1. The van der Waals surface area contributed by atoms with Gasteiger partial charge < -0.3 is 4.79 Å². The zero-order chi connectivity index (χ0) is 10.6. The molecule has 0 aliphatic heterocycles. The van der Waals surface area contributed by atoms with Gasteiger partial charge >= 0.3 is 0 Å². The van der Waals surface area contributed by atoms with Crippen LogP contribution >= 0.6 is 39.1 Å². The molecule has 1 aromatic carbocycles. The second kappa shape index (κ2) is 5.74. The quantitative estimate of drug-likeness (QED) is 0.608. The van der Waals surface area contributed by atoms with E-state index in [1.54, 1.807) is 6.07 Å². The Hall–Kier alpha value is -0.0500. The van der Waals surface area contributed by atoms with Crippen LogP contribution in [0.4, 0.5) is 0 Å². The number of alkyl halides is 1. The van der Waals surface area contributed by atoms with Crippen LogP contribution < -0.4 is 0 Å². The maximum Gasteiger partial charge on any atom is 0.133 e. The fraction of sp³-hybridized carbons (Fsp3) is 0.300. The number of aryl methyl sites for hydroxylation is 1. The highest BCUT2D eigenvalue weighted by molar-refractivity contribution is 9.09. The fourth-order valence-electron chi connectivity index (χ4n) is 1.13. The van der Waals surface area contributed by atoms with Crippen LogP contribution in [0.2, 0.25) is 10.0 Å². The molecular formula is C10H9BrCl2O. The highest BCUT2D eigenvalue weighted by Gasteiger charge is 2.03. The molecule has 0 spiro atoms. The molecule has 0 aliphatic carbocycles. The fourth-order valence-corrected chi connectivity index (χ4v) is 1.93. The van der Waals surface area contributed by atoms with Gasteiger partial charge in [0, 0.05) is 10.0 Å². The van der Waals surface area contributed by atoms with Crippen LogP contribution in [0.5, 0.6) is 0 Å². The molecule has 0 fully saturated rings. The predicted octanol–water partition coefficient (Wildman–Crippen LogP) is 3.89. The molecule has 1 unspecified atom stereocenters. The molecule has 0 amide bonds. The average molecular weight is 296 g/mol. The Morgan fingerprint density at radius 3 is 2.36 bits per heavy atom. The first-order valence-electron chi connectivity index (χ1n) is 4.16. The van der Waals surface area contributed by atoms with Crippen molar-refractivity contribution in [2.24, 2.45) is 0 Å². The third kappa shape index (κ3) is 3.99. The summed E-state index contributed by atoms with van der Waals surface area (Å²) in [4.78, 5) is 10.3. The summed E-state index contributed by atoms with van der Waals surface area (Å²) in [5.74, 6) is 0.